The molecule has 0 atom stereocenters. The molecule has 0 saturated carbocycles. The van der Waals surface area contributed by atoms with Crippen LogP contribution in [0.1, 0.15) is 21.7 Å². The second-order valence-corrected chi connectivity index (χ2v) is 7.11. The van der Waals surface area contributed by atoms with Gasteiger partial charge in [-0.25, -0.2) is 0 Å². The summed E-state index contributed by atoms with van der Waals surface area (Å²) in [7, 11) is 0. The number of benzene rings is 2. The van der Waals surface area contributed by atoms with Gasteiger partial charge in [-0.3, -0.25) is 14.6 Å². The number of aryl methyl sites for hydroxylation is 2. The number of hydrogen-bond donors (Lipinski definition) is 2. The lowest BCUT2D eigenvalue weighted by molar-refractivity contribution is -0.115. The molecular weight excluding hydrogens is 376 g/mol. The van der Waals surface area contributed by atoms with Gasteiger partial charge in [-0.15, -0.1) is 0 Å². The van der Waals surface area contributed by atoms with Crippen LogP contribution < -0.4 is 10.6 Å². The first-order valence-corrected chi connectivity index (χ1v) is 9.70. The van der Waals surface area contributed by atoms with Crippen LogP contribution in [0.15, 0.2) is 72.9 Å². The largest absolute Gasteiger partial charge is 0.343 e. The van der Waals surface area contributed by atoms with Gasteiger partial charge in [0.05, 0.1) is 17.7 Å². The molecule has 2 N–H and O–H groups in total. The molecule has 0 saturated heterocycles. The molecule has 2 aromatic carbocycles. The van der Waals surface area contributed by atoms with E-state index >= 15 is 0 Å². The van der Waals surface area contributed by atoms with E-state index in [4.69, 9.17) is 0 Å². The molecular formula is C24H22N4O2. The quantitative estimate of drug-likeness (QED) is 0.533. The van der Waals surface area contributed by atoms with Crippen molar-refractivity contribution in [3.63, 3.8) is 0 Å². The topological polar surface area (TPSA) is 76.0 Å². The van der Waals surface area contributed by atoms with E-state index < -0.39 is 0 Å². The van der Waals surface area contributed by atoms with Gasteiger partial charge in [-0.2, -0.15) is 0 Å². The first-order valence-electron chi connectivity index (χ1n) is 9.70. The maximum Gasteiger partial charge on any atom is 0.251 e. The molecule has 2 aromatic heterocycles. The standard InChI is InChI=1S/C24H22N4O2/c1-16-8-9-17(2)28(16)20-12-10-19(11-13-20)24(30)26-15-22(29)27-21-7-3-5-18-6-4-14-25-23(18)21/h3-14H,15H2,1-2H3,(H,26,30)(H,27,29). The second-order valence-electron chi connectivity index (χ2n) is 7.11. The van der Waals surface area contributed by atoms with Gasteiger partial charge in [0, 0.05) is 34.2 Å². The van der Waals surface area contributed by atoms with Crippen LogP contribution in [0.4, 0.5) is 5.69 Å². The van der Waals surface area contributed by atoms with Crippen molar-refractivity contribution in [3.8, 4) is 5.69 Å². The Kier molecular flexibility index (Phi) is 5.30. The van der Waals surface area contributed by atoms with Crippen LogP contribution in [0, 0.1) is 13.8 Å². The van der Waals surface area contributed by atoms with Crippen LogP contribution in [0.25, 0.3) is 16.6 Å². The van der Waals surface area contributed by atoms with Crippen LogP contribution in [-0.2, 0) is 4.79 Å². The number of rotatable bonds is 5. The lowest BCUT2D eigenvalue weighted by Gasteiger charge is -2.11. The number of nitrogens with one attached hydrogen (secondary N) is 2. The van der Waals surface area contributed by atoms with Gasteiger partial charge >= 0.3 is 0 Å². The minimum absolute atomic E-state index is 0.125. The number of hydrogen-bond acceptors (Lipinski definition) is 3. The number of nitrogens with zero attached hydrogens (tertiary/aromatic N) is 2. The number of amides is 2. The number of carbonyl (C=O) groups is 2. The van der Waals surface area contributed by atoms with Crippen molar-refractivity contribution in [1.82, 2.24) is 14.9 Å². The summed E-state index contributed by atoms with van der Waals surface area (Å²) in [6.07, 6.45) is 1.68. The normalized spacial score (nSPS) is 10.7. The average Bonchev–Trinajstić information content (AvgIpc) is 3.10. The maximum atomic E-state index is 12.4. The maximum absolute atomic E-state index is 12.4. The third-order valence-corrected chi connectivity index (χ3v) is 4.98. The Morgan fingerprint density at radius 1 is 0.900 bits per heavy atom. The molecule has 4 rings (SSSR count). The Bertz CT molecular complexity index is 1200. The van der Waals surface area contributed by atoms with Crippen LogP contribution in [0.3, 0.4) is 0 Å². The van der Waals surface area contributed by atoms with Crippen molar-refractivity contribution >= 4 is 28.4 Å². The number of para-hydroxylation sites is 1. The van der Waals surface area contributed by atoms with E-state index in [1.165, 1.54) is 0 Å². The van der Waals surface area contributed by atoms with Crippen molar-refractivity contribution in [2.24, 2.45) is 0 Å². The first-order chi connectivity index (χ1) is 14.5. The molecule has 0 spiro atoms. The lowest BCUT2D eigenvalue weighted by atomic mass is 10.2. The second kappa shape index (κ2) is 8.21. The van der Waals surface area contributed by atoms with E-state index in [0.29, 0.717) is 16.8 Å². The summed E-state index contributed by atoms with van der Waals surface area (Å²) in [5, 5.41) is 6.42. The molecule has 0 bridgehead atoms. The van der Waals surface area contributed by atoms with E-state index in [0.717, 1.165) is 22.5 Å². The Morgan fingerprint density at radius 3 is 2.33 bits per heavy atom. The predicted molar refractivity (Wildman–Crippen MR) is 118 cm³/mol. The highest BCUT2D eigenvalue weighted by Gasteiger charge is 2.11. The Hall–Kier alpha value is -3.93. The SMILES string of the molecule is Cc1ccc(C)n1-c1ccc(C(=O)NCC(=O)Nc2cccc3cccnc23)cc1. The minimum atomic E-state index is -0.309. The molecule has 0 aliphatic heterocycles. The van der Waals surface area contributed by atoms with Crippen molar-refractivity contribution in [2.45, 2.75) is 13.8 Å². The fourth-order valence-electron chi connectivity index (χ4n) is 3.50. The Balaban J connectivity index is 1.39. The van der Waals surface area contributed by atoms with Crippen LogP contribution in [-0.4, -0.2) is 27.9 Å². The molecule has 0 radical (unpaired) electrons. The van der Waals surface area contributed by atoms with Crippen LogP contribution in [0.5, 0.6) is 0 Å². The third kappa shape index (κ3) is 3.93. The zero-order valence-corrected chi connectivity index (χ0v) is 16.8. The lowest BCUT2D eigenvalue weighted by Crippen LogP contribution is -2.32. The van der Waals surface area contributed by atoms with Crippen LogP contribution in [0.2, 0.25) is 0 Å². The molecule has 0 aliphatic rings. The fraction of sp³-hybridized carbons (Fsp3) is 0.125. The zero-order chi connectivity index (χ0) is 21.1. The highest BCUT2D eigenvalue weighted by molar-refractivity contribution is 6.03. The van der Waals surface area contributed by atoms with Gasteiger partial charge < -0.3 is 15.2 Å². The molecule has 2 heterocycles. The fourth-order valence-corrected chi connectivity index (χ4v) is 3.50. The highest BCUT2D eigenvalue weighted by atomic mass is 16.2. The molecule has 30 heavy (non-hydrogen) atoms. The van der Waals surface area contributed by atoms with E-state index in [2.05, 4.69) is 32.3 Å². The van der Waals surface area contributed by atoms with Gasteiger partial charge in [0.1, 0.15) is 0 Å². The zero-order valence-electron chi connectivity index (χ0n) is 16.8. The molecule has 2 amide bonds. The van der Waals surface area contributed by atoms with Crippen molar-refractivity contribution in [3.05, 3.63) is 89.9 Å². The molecule has 0 unspecified atom stereocenters. The smallest absolute Gasteiger partial charge is 0.251 e. The predicted octanol–water partition coefficient (Wildman–Crippen LogP) is 4.01. The van der Waals surface area contributed by atoms with E-state index in [1.54, 1.807) is 24.4 Å². The van der Waals surface area contributed by atoms with Crippen molar-refractivity contribution < 1.29 is 9.59 Å². The summed E-state index contributed by atoms with van der Waals surface area (Å²) in [6.45, 7) is 3.95. The monoisotopic (exact) mass is 398 g/mol. The third-order valence-electron chi connectivity index (χ3n) is 4.98. The Morgan fingerprint density at radius 2 is 1.60 bits per heavy atom. The van der Waals surface area contributed by atoms with Gasteiger partial charge in [0.25, 0.3) is 5.91 Å². The van der Waals surface area contributed by atoms with Gasteiger partial charge in [-0.1, -0.05) is 18.2 Å². The van der Waals surface area contributed by atoms with E-state index in [-0.39, 0.29) is 18.4 Å². The molecule has 0 aliphatic carbocycles. The summed E-state index contributed by atoms with van der Waals surface area (Å²) in [6, 6.07) is 20.8. The Labute approximate surface area is 174 Å². The molecule has 150 valence electrons. The summed E-state index contributed by atoms with van der Waals surface area (Å²) in [5.41, 5.74) is 5.09. The molecule has 4 aromatic rings. The summed E-state index contributed by atoms with van der Waals surface area (Å²) in [4.78, 5) is 29.1. The highest BCUT2D eigenvalue weighted by Crippen LogP contribution is 2.20. The van der Waals surface area contributed by atoms with Gasteiger partial charge in [-0.05, 0) is 62.4 Å². The molecule has 0 fully saturated rings. The summed E-state index contributed by atoms with van der Waals surface area (Å²) >= 11 is 0. The van der Waals surface area contributed by atoms with E-state index in [9.17, 15) is 9.59 Å². The summed E-state index contributed by atoms with van der Waals surface area (Å²) in [5.74, 6) is -0.606. The van der Waals surface area contributed by atoms with Crippen molar-refractivity contribution in [1.29, 1.82) is 0 Å². The summed E-state index contributed by atoms with van der Waals surface area (Å²) < 4.78 is 2.12. The van der Waals surface area contributed by atoms with Crippen LogP contribution >= 0.6 is 0 Å². The number of pyridine rings is 1. The number of fused-ring (bicyclic) bond motifs is 1. The van der Waals surface area contributed by atoms with Crippen molar-refractivity contribution in [2.75, 3.05) is 11.9 Å². The minimum Gasteiger partial charge on any atom is -0.343 e. The average molecular weight is 398 g/mol. The molecule has 6 nitrogen and oxygen atoms in total. The first kappa shape index (κ1) is 19.4. The van der Waals surface area contributed by atoms with Gasteiger partial charge in [0.2, 0.25) is 5.91 Å². The number of carbonyl (C=O) groups excluding carboxylic acids is 2. The number of aromatic nitrogens is 2. The van der Waals surface area contributed by atoms with E-state index in [1.807, 2.05) is 50.2 Å². The number of anilines is 1. The van der Waals surface area contributed by atoms with Gasteiger partial charge in [0.15, 0.2) is 0 Å². The molecule has 6 heteroatoms.